The molecular weight excluding hydrogens is 348 g/mol. The molecule has 0 aromatic heterocycles. The Morgan fingerprint density at radius 1 is 1.20 bits per heavy atom. The molecule has 0 radical (unpaired) electrons. The van der Waals surface area contributed by atoms with E-state index in [0.29, 0.717) is 5.75 Å². The third kappa shape index (κ3) is 3.76. The Hall–Kier alpha value is -2.16. The normalized spacial score (nSPS) is 14.8. The molecule has 2 aromatic carbocycles. The van der Waals surface area contributed by atoms with Crippen molar-refractivity contribution in [1.82, 2.24) is 0 Å². The Morgan fingerprint density at radius 2 is 1.92 bits per heavy atom. The summed E-state index contributed by atoms with van der Waals surface area (Å²) in [7, 11) is 1.90. The van der Waals surface area contributed by atoms with Gasteiger partial charge in [0.1, 0.15) is 16.7 Å². The smallest absolute Gasteiger partial charge is 0.185 e. The van der Waals surface area contributed by atoms with E-state index in [9.17, 15) is 10.1 Å². The van der Waals surface area contributed by atoms with Gasteiger partial charge in [-0.25, -0.2) is 0 Å². The molecule has 3 nitrogen and oxygen atoms in total. The number of fused-ring (bicyclic) bond motifs is 1. The van der Waals surface area contributed by atoms with Crippen LogP contribution in [-0.2, 0) is 10.5 Å². The minimum atomic E-state index is -0.108. The van der Waals surface area contributed by atoms with Gasteiger partial charge in [0.15, 0.2) is 5.78 Å². The fraction of sp³-hybridized carbons (Fsp3) is 0.200. The number of anilines is 1. The number of nitrogens with zero attached hydrogens (tertiary/aromatic N) is 2. The quantitative estimate of drug-likeness (QED) is 0.563. The molecule has 0 aliphatic carbocycles. The van der Waals surface area contributed by atoms with E-state index in [1.807, 2.05) is 48.3 Å². The van der Waals surface area contributed by atoms with Crippen molar-refractivity contribution in [2.75, 3.05) is 17.7 Å². The van der Waals surface area contributed by atoms with Crippen LogP contribution in [-0.4, -0.2) is 18.6 Å². The van der Waals surface area contributed by atoms with Gasteiger partial charge >= 0.3 is 0 Å². The van der Waals surface area contributed by atoms with Gasteiger partial charge in [-0.15, -0.1) is 11.8 Å². The lowest BCUT2D eigenvalue weighted by Crippen LogP contribution is -2.16. The van der Waals surface area contributed by atoms with Gasteiger partial charge in [0.05, 0.1) is 11.4 Å². The molecule has 0 atom stereocenters. The molecule has 25 heavy (non-hydrogen) atoms. The van der Waals surface area contributed by atoms with Gasteiger partial charge in [-0.05, 0) is 30.2 Å². The zero-order valence-electron chi connectivity index (χ0n) is 14.2. The number of ketones is 1. The summed E-state index contributed by atoms with van der Waals surface area (Å²) in [5.41, 5.74) is 3.74. The van der Waals surface area contributed by atoms with E-state index >= 15 is 0 Å². The van der Waals surface area contributed by atoms with E-state index < -0.39 is 0 Å². The number of carbonyl (C=O) groups is 1. The number of hydrogen-bond donors (Lipinski definition) is 0. The lowest BCUT2D eigenvalue weighted by Gasteiger charge is -2.14. The highest BCUT2D eigenvalue weighted by molar-refractivity contribution is 8.03. The van der Waals surface area contributed by atoms with Crippen LogP contribution in [0.15, 0.2) is 64.0 Å². The van der Waals surface area contributed by atoms with E-state index in [-0.39, 0.29) is 11.4 Å². The number of allylic oxidation sites excluding steroid dienone is 1. The lowest BCUT2D eigenvalue weighted by atomic mass is 10.1. The van der Waals surface area contributed by atoms with E-state index in [1.165, 1.54) is 22.9 Å². The van der Waals surface area contributed by atoms with Crippen LogP contribution in [0.25, 0.3) is 0 Å². The van der Waals surface area contributed by atoms with Crippen LogP contribution in [0.2, 0.25) is 0 Å². The molecule has 0 spiro atoms. The zero-order valence-corrected chi connectivity index (χ0v) is 15.8. The number of thioether (sulfide) groups is 2. The number of rotatable bonds is 5. The Morgan fingerprint density at radius 3 is 2.64 bits per heavy atom. The molecule has 0 fully saturated rings. The highest BCUT2D eigenvalue weighted by atomic mass is 32.2. The number of Topliss-reactive ketones (excluding diaryl/α,β-unsaturated/α-hetero) is 1. The van der Waals surface area contributed by atoms with Gasteiger partial charge in [0, 0.05) is 17.7 Å². The first-order valence-corrected chi connectivity index (χ1v) is 9.89. The summed E-state index contributed by atoms with van der Waals surface area (Å²) in [6, 6.07) is 18.2. The summed E-state index contributed by atoms with van der Waals surface area (Å²) in [5, 5.41) is 10.3. The highest BCUT2D eigenvalue weighted by Crippen LogP contribution is 2.46. The SMILES string of the molecule is Cc1ccccc1CSCC(=O)/C(C#N)=C1\Sc2ccccc2N1C. The minimum absolute atomic E-state index is 0.108. The van der Waals surface area contributed by atoms with E-state index in [2.05, 4.69) is 25.1 Å². The van der Waals surface area contributed by atoms with Crippen molar-refractivity contribution in [3.63, 3.8) is 0 Å². The average molecular weight is 367 g/mol. The Balaban J connectivity index is 1.71. The largest absolute Gasteiger partial charge is 0.337 e. The molecule has 1 heterocycles. The van der Waals surface area contributed by atoms with Gasteiger partial charge in [-0.3, -0.25) is 4.79 Å². The Labute approximate surface area is 156 Å². The molecule has 2 aromatic rings. The predicted octanol–water partition coefficient (Wildman–Crippen LogP) is 4.77. The summed E-state index contributed by atoms with van der Waals surface area (Å²) in [6.45, 7) is 2.07. The second kappa shape index (κ2) is 7.81. The third-order valence-electron chi connectivity index (χ3n) is 4.09. The van der Waals surface area contributed by atoms with Gasteiger partial charge in [0.25, 0.3) is 0 Å². The van der Waals surface area contributed by atoms with Crippen LogP contribution in [0.4, 0.5) is 5.69 Å². The van der Waals surface area contributed by atoms with Crippen molar-refractivity contribution in [2.24, 2.45) is 0 Å². The minimum Gasteiger partial charge on any atom is -0.337 e. The van der Waals surface area contributed by atoms with Gasteiger partial charge in [-0.1, -0.05) is 48.2 Å². The Bertz CT molecular complexity index is 883. The second-order valence-corrected chi connectivity index (χ2v) is 7.78. The molecule has 1 aliphatic heterocycles. The molecule has 1 aliphatic rings. The van der Waals surface area contributed by atoms with E-state index in [4.69, 9.17) is 0 Å². The molecule has 0 unspecified atom stereocenters. The maximum Gasteiger partial charge on any atom is 0.185 e. The summed E-state index contributed by atoms with van der Waals surface area (Å²) in [4.78, 5) is 15.6. The number of para-hydroxylation sites is 1. The monoisotopic (exact) mass is 366 g/mol. The first kappa shape index (κ1) is 17.7. The summed E-state index contributed by atoms with van der Waals surface area (Å²) >= 11 is 3.04. The van der Waals surface area contributed by atoms with Crippen molar-refractivity contribution >= 4 is 35.0 Å². The Kier molecular flexibility index (Phi) is 5.52. The van der Waals surface area contributed by atoms with Crippen LogP contribution in [0.1, 0.15) is 11.1 Å². The molecule has 0 saturated heterocycles. The van der Waals surface area contributed by atoms with Crippen LogP contribution >= 0.6 is 23.5 Å². The fourth-order valence-corrected chi connectivity index (χ4v) is 4.79. The molecule has 0 amide bonds. The van der Waals surface area contributed by atoms with Crippen molar-refractivity contribution in [2.45, 2.75) is 17.6 Å². The third-order valence-corrected chi connectivity index (χ3v) is 6.31. The maximum absolute atomic E-state index is 12.6. The molecule has 126 valence electrons. The second-order valence-electron chi connectivity index (χ2n) is 5.76. The number of aryl methyl sites for hydroxylation is 1. The summed E-state index contributed by atoms with van der Waals surface area (Å²) in [6.07, 6.45) is 0. The van der Waals surface area contributed by atoms with E-state index in [0.717, 1.165) is 21.4 Å². The predicted molar refractivity (Wildman–Crippen MR) is 106 cm³/mol. The lowest BCUT2D eigenvalue weighted by molar-refractivity contribution is -0.112. The summed E-state index contributed by atoms with van der Waals surface area (Å²) in [5.74, 6) is 0.976. The van der Waals surface area contributed by atoms with Crippen LogP contribution in [0, 0.1) is 18.3 Å². The number of carbonyl (C=O) groups excluding carboxylic acids is 1. The molecule has 3 rings (SSSR count). The standard InChI is InChI=1S/C20H18N2OS2/c1-14-7-3-4-8-15(14)12-24-13-18(23)16(11-21)20-22(2)17-9-5-6-10-19(17)25-20/h3-10H,12-13H2,1-2H3/b20-16-. The average Bonchev–Trinajstić information content (AvgIpc) is 2.94. The van der Waals surface area contributed by atoms with Gasteiger partial charge in [0.2, 0.25) is 0 Å². The van der Waals surface area contributed by atoms with Gasteiger partial charge in [-0.2, -0.15) is 5.26 Å². The fourth-order valence-electron chi connectivity index (χ4n) is 2.65. The first-order valence-electron chi connectivity index (χ1n) is 7.92. The van der Waals surface area contributed by atoms with Crippen LogP contribution in [0.3, 0.4) is 0 Å². The van der Waals surface area contributed by atoms with Crippen LogP contribution < -0.4 is 4.90 Å². The highest BCUT2D eigenvalue weighted by Gasteiger charge is 2.27. The topological polar surface area (TPSA) is 44.1 Å². The molecule has 5 heteroatoms. The molecule has 0 saturated carbocycles. The zero-order chi connectivity index (χ0) is 17.8. The maximum atomic E-state index is 12.6. The summed E-state index contributed by atoms with van der Waals surface area (Å²) < 4.78 is 0. The van der Waals surface area contributed by atoms with Crippen molar-refractivity contribution < 1.29 is 4.79 Å². The molecule has 0 bridgehead atoms. The van der Waals surface area contributed by atoms with Gasteiger partial charge < -0.3 is 4.90 Å². The van der Waals surface area contributed by atoms with Crippen LogP contribution in [0.5, 0.6) is 0 Å². The number of benzene rings is 2. The number of nitriles is 1. The van der Waals surface area contributed by atoms with Crippen molar-refractivity contribution in [3.05, 3.63) is 70.3 Å². The molecule has 0 N–H and O–H groups in total. The first-order chi connectivity index (χ1) is 12.1. The van der Waals surface area contributed by atoms with Crippen molar-refractivity contribution in [3.8, 4) is 6.07 Å². The molecular formula is C20H18N2OS2. The number of hydrogen-bond acceptors (Lipinski definition) is 5. The van der Waals surface area contributed by atoms with E-state index in [1.54, 1.807) is 11.8 Å². The van der Waals surface area contributed by atoms with Crippen molar-refractivity contribution in [1.29, 1.82) is 5.26 Å².